The van der Waals surface area contributed by atoms with Crippen LogP contribution in [-0.4, -0.2) is 40.4 Å². The van der Waals surface area contributed by atoms with E-state index in [0.717, 1.165) is 0 Å². The van der Waals surface area contributed by atoms with Crippen molar-refractivity contribution in [2.24, 2.45) is 7.05 Å². The van der Waals surface area contributed by atoms with Gasteiger partial charge in [-0.1, -0.05) is 0 Å². The third-order valence-corrected chi connectivity index (χ3v) is 2.46. The number of carboxylic acid groups (broad SMARTS) is 1. The standard InChI is InChI=1S/C10H15N3O4/c1-6-7(9(17-3)13(2)12-6)4-8(10(15)16)11-5-14/h5,8H,4H2,1-3H3,(H,11,14)(H,15,16). The van der Waals surface area contributed by atoms with Gasteiger partial charge >= 0.3 is 5.97 Å². The first-order chi connectivity index (χ1) is 8.01. The smallest absolute Gasteiger partial charge is 0.326 e. The summed E-state index contributed by atoms with van der Waals surface area (Å²) in [5, 5.41) is 15.3. The Hall–Kier alpha value is -2.05. The maximum absolute atomic E-state index is 10.9. The van der Waals surface area contributed by atoms with Gasteiger partial charge < -0.3 is 15.2 Å². The van der Waals surface area contributed by atoms with E-state index < -0.39 is 12.0 Å². The fourth-order valence-corrected chi connectivity index (χ4v) is 1.67. The number of carbonyl (C=O) groups is 2. The fraction of sp³-hybridized carbons (Fsp3) is 0.500. The Morgan fingerprint density at radius 3 is 2.82 bits per heavy atom. The average molecular weight is 241 g/mol. The van der Waals surface area contributed by atoms with E-state index in [1.165, 1.54) is 11.8 Å². The minimum Gasteiger partial charge on any atom is -0.481 e. The van der Waals surface area contributed by atoms with E-state index >= 15 is 0 Å². The fourth-order valence-electron chi connectivity index (χ4n) is 1.67. The Labute approximate surface area is 98.4 Å². The first kappa shape index (κ1) is 13.0. The van der Waals surface area contributed by atoms with Crippen molar-refractivity contribution in [1.82, 2.24) is 15.1 Å². The van der Waals surface area contributed by atoms with E-state index in [1.54, 1.807) is 14.0 Å². The van der Waals surface area contributed by atoms with Crippen molar-refractivity contribution in [1.29, 1.82) is 0 Å². The van der Waals surface area contributed by atoms with Gasteiger partial charge in [-0.25, -0.2) is 9.48 Å². The van der Waals surface area contributed by atoms with Crippen LogP contribution < -0.4 is 10.1 Å². The number of nitrogens with one attached hydrogen (secondary N) is 1. The first-order valence-electron chi connectivity index (χ1n) is 5.00. The van der Waals surface area contributed by atoms with Crippen LogP contribution in [0, 0.1) is 6.92 Å². The van der Waals surface area contributed by atoms with E-state index in [4.69, 9.17) is 9.84 Å². The molecule has 0 aliphatic heterocycles. The zero-order valence-corrected chi connectivity index (χ0v) is 9.93. The molecule has 0 radical (unpaired) electrons. The number of aliphatic carboxylic acids is 1. The molecule has 0 spiro atoms. The van der Waals surface area contributed by atoms with Gasteiger partial charge in [-0.15, -0.1) is 0 Å². The van der Waals surface area contributed by atoms with Gasteiger partial charge in [0.1, 0.15) is 6.04 Å². The summed E-state index contributed by atoms with van der Waals surface area (Å²) >= 11 is 0. The van der Waals surface area contributed by atoms with Crippen LogP contribution in [0.3, 0.4) is 0 Å². The third-order valence-electron chi connectivity index (χ3n) is 2.46. The highest BCUT2D eigenvalue weighted by Crippen LogP contribution is 2.22. The van der Waals surface area contributed by atoms with Crippen molar-refractivity contribution in [3.8, 4) is 5.88 Å². The molecule has 1 rings (SSSR count). The molecule has 0 aliphatic rings. The van der Waals surface area contributed by atoms with E-state index in [-0.39, 0.29) is 6.42 Å². The molecule has 1 heterocycles. The molecular formula is C10H15N3O4. The summed E-state index contributed by atoms with van der Waals surface area (Å²) in [7, 11) is 3.20. The molecule has 94 valence electrons. The molecular weight excluding hydrogens is 226 g/mol. The summed E-state index contributed by atoms with van der Waals surface area (Å²) in [4.78, 5) is 21.3. The monoisotopic (exact) mass is 241 g/mol. The van der Waals surface area contributed by atoms with Gasteiger partial charge in [-0.05, 0) is 6.92 Å². The van der Waals surface area contributed by atoms with Crippen molar-refractivity contribution >= 4 is 12.4 Å². The van der Waals surface area contributed by atoms with Crippen LogP contribution in [0.1, 0.15) is 11.3 Å². The highest BCUT2D eigenvalue weighted by atomic mass is 16.5. The molecule has 7 heteroatoms. The van der Waals surface area contributed by atoms with E-state index in [0.29, 0.717) is 23.5 Å². The van der Waals surface area contributed by atoms with Crippen molar-refractivity contribution in [3.63, 3.8) is 0 Å². The Balaban J connectivity index is 2.99. The van der Waals surface area contributed by atoms with Gasteiger partial charge in [0.25, 0.3) is 0 Å². The quantitative estimate of drug-likeness (QED) is 0.653. The van der Waals surface area contributed by atoms with Gasteiger partial charge in [-0.2, -0.15) is 5.10 Å². The molecule has 0 fully saturated rings. The number of amides is 1. The van der Waals surface area contributed by atoms with Crippen LogP contribution in [0.25, 0.3) is 0 Å². The number of ether oxygens (including phenoxy) is 1. The summed E-state index contributed by atoms with van der Waals surface area (Å²) in [5.41, 5.74) is 1.36. The second-order valence-corrected chi connectivity index (χ2v) is 3.58. The average Bonchev–Trinajstić information content (AvgIpc) is 2.52. The molecule has 2 N–H and O–H groups in total. The molecule has 7 nitrogen and oxygen atoms in total. The van der Waals surface area contributed by atoms with E-state index in [1.807, 2.05) is 0 Å². The summed E-state index contributed by atoms with van der Waals surface area (Å²) in [5.74, 6) is -0.594. The van der Waals surface area contributed by atoms with Crippen LogP contribution in [0.5, 0.6) is 5.88 Å². The van der Waals surface area contributed by atoms with E-state index in [2.05, 4.69) is 10.4 Å². The summed E-state index contributed by atoms with van der Waals surface area (Å²) in [6.45, 7) is 1.76. The lowest BCUT2D eigenvalue weighted by molar-refractivity contribution is -0.140. The molecule has 1 atom stereocenters. The van der Waals surface area contributed by atoms with Crippen molar-refractivity contribution in [3.05, 3.63) is 11.3 Å². The van der Waals surface area contributed by atoms with Gasteiger partial charge in [-0.3, -0.25) is 4.79 Å². The third kappa shape index (κ3) is 2.74. The summed E-state index contributed by atoms with van der Waals surface area (Å²) < 4.78 is 6.68. The largest absolute Gasteiger partial charge is 0.481 e. The first-order valence-corrected chi connectivity index (χ1v) is 5.00. The van der Waals surface area contributed by atoms with Gasteiger partial charge in [0.15, 0.2) is 0 Å². The highest BCUT2D eigenvalue weighted by molar-refractivity contribution is 5.76. The molecule has 0 aromatic carbocycles. The van der Waals surface area contributed by atoms with Gasteiger partial charge in [0.2, 0.25) is 12.3 Å². The van der Waals surface area contributed by atoms with Gasteiger partial charge in [0, 0.05) is 19.0 Å². The number of carboxylic acids is 1. The molecule has 1 unspecified atom stereocenters. The van der Waals surface area contributed by atoms with E-state index in [9.17, 15) is 9.59 Å². The molecule has 1 aromatic rings. The lowest BCUT2D eigenvalue weighted by atomic mass is 10.1. The van der Waals surface area contributed by atoms with Crippen molar-refractivity contribution in [2.45, 2.75) is 19.4 Å². The Morgan fingerprint density at radius 1 is 1.71 bits per heavy atom. The zero-order valence-electron chi connectivity index (χ0n) is 9.93. The SMILES string of the molecule is COc1c(CC(NC=O)C(=O)O)c(C)nn1C. The van der Waals surface area contributed by atoms with Crippen LogP contribution in [-0.2, 0) is 23.1 Å². The van der Waals surface area contributed by atoms with Crippen LogP contribution in [0.4, 0.5) is 0 Å². The molecule has 17 heavy (non-hydrogen) atoms. The van der Waals surface area contributed by atoms with Crippen LogP contribution in [0.15, 0.2) is 0 Å². The minimum atomic E-state index is -1.09. The number of nitrogens with zero attached hydrogens (tertiary/aromatic N) is 2. The maximum atomic E-state index is 10.9. The predicted molar refractivity (Wildman–Crippen MR) is 58.8 cm³/mol. The lowest BCUT2D eigenvalue weighted by Gasteiger charge is -2.11. The number of aromatic nitrogens is 2. The molecule has 0 saturated heterocycles. The highest BCUT2D eigenvalue weighted by Gasteiger charge is 2.23. The number of rotatable bonds is 6. The summed E-state index contributed by atoms with van der Waals surface area (Å²) in [6, 6.07) is -0.982. The number of hydrogen-bond donors (Lipinski definition) is 2. The Kier molecular flexibility index (Phi) is 4.08. The molecule has 0 saturated carbocycles. The second-order valence-electron chi connectivity index (χ2n) is 3.58. The molecule has 1 amide bonds. The Morgan fingerprint density at radius 2 is 2.35 bits per heavy atom. The number of hydrogen-bond acceptors (Lipinski definition) is 4. The minimum absolute atomic E-state index is 0.136. The second kappa shape index (κ2) is 5.33. The number of carbonyl (C=O) groups excluding carboxylic acids is 1. The van der Waals surface area contributed by atoms with Crippen LogP contribution in [0.2, 0.25) is 0 Å². The van der Waals surface area contributed by atoms with Crippen LogP contribution >= 0.6 is 0 Å². The van der Waals surface area contributed by atoms with Crippen molar-refractivity contribution < 1.29 is 19.4 Å². The van der Waals surface area contributed by atoms with Crippen molar-refractivity contribution in [2.75, 3.05) is 7.11 Å². The zero-order chi connectivity index (χ0) is 13.0. The van der Waals surface area contributed by atoms with Gasteiger partial charge in [0.05, 0.1) is 12.8 Å². The number of aryl methyl sites for hydroxylation is 2. The maximum Gasteiger partial charge on any atom is 0.326 e. The molecule has 0 aliphatic carbocycles. The molecule has 0 bridgehead atoms. The summed E-state index contributed by atoms with van der Waals surface area (Å²) in [6.07, 6.45) is 0.508. The normalized spacial score (nSPS) is 11.9. The lowest BCUT2D eigenvalue weighted by Crippen LogP contribution is -2.37. The molecule has 1 aromatic heterocycles. The number of methoxy groups -OCH3 is 1. The Bertz CT molecular complexity index is 427. The predicted octanol–water partition coefficient (Wildman–Crippen LogP) is -0.521. The topological polar surface area (TPSA) is 93.4 Å².